The number of nitrogens with zero attached hydrogens (tertiary/aromatic N) is 3. The zero-order valence-corrected chi connectivity index (χ0v) is 18.0. The predicted octanol–water partition coefficient (Wildman–Crippen LogP) is 4.11. The first kappa shape index (κ1) is 18.7. The average Bonchev–Trinajstić information content (AvgIpc) is 3.28. The second kappa shape index (κ2) is 7.19. The molecule has 0 aliphatic carbocycles. The van der Waals surface area contributed by atoms with E-state index < -0.39 is 0 Å². The van der Waals surface area contributed by atoms with Gasteiger partial charge in [-0.25, -0.2) is 9.50 Å². The predicted molar refractivity (Wildman–Crippen MR) is 117 cm³/mol. The molecule has 0 spiro atoms. The topological polar surface area (TPSA) is 64.3 Å². The molecule has 0 unspecified atom stereocenters. The van der Waals surface area contributed by atoms with Gasteiger partial charge in [0.05, 0.1) is 18.1 Å². The van der Waals surface area contributed by atoms with Crippen molar-refractivity contribution in [2.24, 2.45) is 5.92 Å². The molecular formula is C21H22N4O2S2. The summed E-state index contributed by atoms with van der Waals surface area (Å²) >= 11 is 7.10. The first-order valence-corrected chi connectivity index (χ1v) is 11.1. The third kappa shape index (κ3) is 3.06. The van der Waals surface area contributed by atoms with Gasteiger partial charge in [0.2, 0.25) is 10.5 Å². The maximum Gasteiger partial charge on any atom is 0.263 e. The molecule has 5 rings (SSSR count). The molecule has 1 aromatic carbocycles. The molecule has 150 valence electrons. The third-order valence-electron chi connectivity index (χ3n) is 5.67. The Labute approximate surface area is 176 Å². The number of aromatic amines is 1. The van der Waals surface area contributed by atoms with E-state index >= 15 is 0 Å². The third-order valence-corrected chi connectivity index (χ3v) is 7.14. The molecule has 0 fully saturated rings. The highest BCUT2D eigenvalue weighted by Gasteiger charge is 2.29. The van der Waals surface area contributed by atoms with Gasteiger partial charge in [0, 0.05) is 17.8 Å². The largest absolute Gasteiger partial charge is 0.372 e. The molecule has 4 heterocycles. The minimum Gasteiger partial charge on any atom is -0.372 e. The minimum absolute atomic E-state index is 0.0133. The molecule has 6 nitrogen and oxygen atoms in total. The first-order chi connectivity index (χ1) is 14.0. The number of benzene rings is 1. The average molecular weight is 427 g/mol. The van der Waals surface area contributed by atoms with Crippen LogP contribution in [0.5, 0.6) is 0 Å². The summed E-state index contributed by atoms with van der Waals surface area (Å²) in [5.74, 6) is 0.974. The van der Waals surface area contributed by atoms with Gasteiger partial charge < -0.3 is 4.74 Å². The van der Waals surface area contributed by atoms with Crippen LogP contribution in [0, 0.1) is 10.7 Å². The lowest BCUT2D eigenvalue weighted by Crippen LogP contribution is -2.28. The Morgan fingerprint density at radius 1 is 1.34 bits per heavy atom. The number of ether oxygens (including phenoxy) is 1. The van der Waals surface area contributed by atoms with Crippen molar-refractivity contribution in [3.63, 3.8) is 0 Å². The number of aryl methyl sites for hydroxylation is 2. The van der Waals surface area contributed by atoms with Gasteiger partial charge in [0.25, 0.3) is 5.56 Å². The van der Waals surface area contributed by atoms with Crippen LogP contribution in [0.25, 0.3) is 16.0 Å². The Hall–Kier alpha value is -2.29. The Morgan fingerprint density at radius 2 is 2.14 bits per heavy atom. The van der Waals surface area contributed by atoms with Crippen LogP contribution >= 0.6 is 23.6 Å². The van der Waals surface area contributed by atoms with E-state index in [4.69, 9.17) is 17.0 Å². The second-order valence-corrected chi connectivity index (χ2v) is 9.31. The number of fused-ring (bicyclic) bond motifs is 5. The fourth-order valence-corrected chi connectivity index (χ4v) is 5.57. The minimum atomic E-state index is 0.0133. The Bertz CT molecular complexity index is 1310. The van der Waals surface area contributed by atoms with Crippen LogP contribution in [-0.2, 0) is 30.7 Å². The summed E-state index contributed by atoms with van der Waals surface area (Å²) in [6.45, 7) is 5.42. The first-order valence-electron chi connectivity index (χ1n) is 9.84. The molecule has 1 atom stereocenters. The number of aromatic nitrogens is 4. The van der Waals surface area contributed by atoms with Crippen molar-refractivity contribution in [2.45, 2.75) is 45.9 Å². The lowest BCUT2D eigenvalue weighted by molar-refractivity contribution is 0.00200. The van der Waals surface area contributed by atoms with Gasteiger partial charge in [-0.3, -0.25) is 9.36 Å². The molecule has 1 N–H and O–H groups in total. The summed E-state index contributed by atoms with van der Waals surface area (Å²) < 4.78 is 10.2. The summed E-state index contributed by atoms with van der Waals surface area (Å²) in [6.07, 6.45) is 1.65. The van der Waals surface area contributed by atoms with Crippen molar-refractivity contribution in [2.75, 3.05) is 0 Å². The Balaban J connectivity index is 1.70. The molecule has 1 aliphatic heterocycles. The van der Waals surface area contributed by atoms with E-state index in [0.717, 1.165) is 33.5 Å². The van der Waals surface area contributed by atoms with Crippen LogP contribution < -0.4 is 5.56 Å². The summed E-state index contributed by atoms with van der Waals surface area (Å²) in [5, 5.41) is 8.02. The van der Waals surface area contributed by atoms with Crippen molar-refractivity contribution in [1.82, 2.24) is 19.2 Å². The van der Waals surface area contributed by atoms with Crippen molar-refractivity contribution >= 4 is 39.5 Å². The van der Waals surface area contributed by atoms with Crippen molar-refractivity contribution in [3.05, 3.63) is 61.5 Å². The fraction of sp³-hybridized carbons (Fsp3) is 0.381. The van der Waals surface area contributed by atoms with E-state index in [1.165, 1.54) is 5.56 Å². The SMILES string of the molecule is CC(C)[C@@H]1Cc2c(sc3c2c(=O)n(CCc2ccccc2)c2n[nH]c(=S)n32)CO1. The molecule has 0 radical (unpaired) electrons. The van der Waals surface area contributed by atoms with Gasteiger partial charge >= 0.3 is 0 Å². The maximum atomic E-state index is 13.6. The molecule has 1 aliphatic rings. The van der Waals surface area contributed by atoms with E-state index in [1.54, 1.807) is 15.9 Å². The highest BCUT2D eigenvalue weighted by atomic mass is 32.1. The zero-order valence-electron chi connectivity index (χ0n) is 16.3. The van der Waals surface area contributed by atoms with Gasteiger partial charge in [-0.05, 0) is 35.7 Å². The van der Waals surface area contributed by atoms with Crippen molar-refractivity contribution in [3.8, 4) is 0 Å². The zero-order chi connectivity index (χ0) is 20.1. The number of hydrogen-bond acceptors (Lipinski definition) is 5. The molecule has 0 saturated carbocycles. The molecule has 3 aromatic heterocycles. The van der Waals surface area contributed by atoms with Crippen molar-refractivity contribution in [1.29, 1.82) is 0 Å². The number of thiophene rings is 1. The van der Waals surface area contributed by atoms with Crippen LogP contribution in [0.1, 0.15) is 29.9 Å². The van der Waals surface area contributed by atoms with Gasteiger partial charge in [0.1, 0.15) is 4.83 Å². The van der Waals surface area contributed by atoms with E-state index in [9.17, 15) is 4.79 Å². The van der Waals surface area contributed by atoms with E-state index in [2.05, 4.69) is 36.2 Å². The molecule has 4 aromatic rings. The number of rotatable bonds is 4. The quantitative estimate of drug-likeness (QED) is 0.499. The molecule has 0 amide bonds. The van der Waals surface area contributed by atoms with Gasteiger partial charge in [-0.2, -0.15) is 0 Å². The Kier molecular flexibility index (Phi) is 4.64. The van der Waals surface area contributed by atoms with Gasteiger partial charge in [-0.15, -0.1) is 16.4 Å². The van der Waals surface area contributed by atoms with E-state index in [1.807, 2.05) is 22.6 Å². The summed E-state index contributed by atoms with van der Waals surface area (Å²) in [4.78, 5) is 15.6. The molecular weight excluding hydrogens is 404 g/mol. The molecule has 29 heavy (non-hydrogen) atoms. The normalized spacial score (nSPS) is 16.7. The van der Waals surface area contributed by atoms with Crippen LogP contribution in [0.3, 0.4) is 0 Å². The number of H-pyrrole nitrogens is 1. The van der Waals surface area contributed by atoms with Crippen molar-refractivity contribution < 1.29 is 4.74 Å². The number of nitrogens with one attached hydrogen (secondary N) is 1. The molecule has 8 heteroatoms. The summed E-state index contributed by atoms with van der Waals surface area (Å²) in [6, 6.07) is 10.2. The van der Waals surface area contributed by atoms with Crippen LogP contribution in [0.15, 0.2) is 35.1 Å². The van der Waals surface area contributed by atoms with Gasteiger partial charge in [0.15, 0.2) is 0 Å². The van der Waals surface area contributed by atoms with E-state index in [-0.39, 0.29) is 11.7 Å². The fourth-order valence-electron chi connectivity index (χ4n) is 4.04. The van der Waals surface area contributed by atoms with Crippen LogP contribution in [0.4, 0.5) is 0 Å². The Morgan fingerprint density at radius 3 is 2.90 bits per heavy atom. The lowest BCUT2D eigenvalue weighted by atomic mass is 9.96. The maximum absolute atomic E-state index is 13.6. The molecule has 0 saturated heterocycles. The lowest BCUT2D eigenvalue weighted by Gasteiger charge is -2.26. The monoisotopic (exact) mass is 426 g/mol. The van der Waals surface area contributed by atoms with Crippen LogP contribution in [0.2, 0.25) is 0 Å². The van der Waals surface area contributed by atoms with Crippen LogP contribution in [-0.4, -0.2) is 25.3 Å². The summed E-state index contributed by atoms with van der Waals surface area (Å²) in [5.41, 5.74) is 2.32. The number of hydrogen-bond donors (Lipinski definition) is 1. The highest BCUT2D eigenvalue weighted by molar-refractivity contribution is 7.71. The highest BCUT2D eigenvalue weighted by Crippen LogP contribution is 2.36. The smallest absolute Gasteiger partial charge is 0.263 e. The second-order valence-electron chi connectivity index (χ2n) is 7.84. The van der Waals surface area contributed by atoms with E-state index in [0.29, 0.717) is 29.6 Å². The summed E-state index contributed by atoms with van der Waals surface area (Å²) in [7, 11) is 0. The molecule has 0 bridgehead atoms. The van der Waals surface area contributed by atoms with Gasteiger partial charge in [-0.1, -0.05) is 44.2 Å². The standard InChI is InChI=1S/C21H22N4O2S2/c1-12(2)15-10-14-16(11-27-15)29-19-17(14)18(26)24(20-22-23-21(28)25(19)20)9-8-13-6-4-3-5-7-13/h3-7,12,15H,8-11H2,1-2H3,(H,23,28)/t15-/m0/s1.